The molecule has 0 heterocycles. The summed E-state index contributed by atoms with van der Waals surface area (Å²) in [5.41, 5.74) is 3.84. The van der Waals surface area contributed by atoms with Crippen LogP contribution in [0.2, 0.25) is 0 Å². The van der Waals surface area contributed by atoms with Crippen LogP contribution in [-0.4, -0.2) is 11.8 Å². The Balaban J connectivity index is 1.13. The summed E-state index contributed by atoms with van der Waals surface area (Å²) in [6, 6.07) is 40.8. The number of para-hydroxylation sites is 2. The SMILES string of the molecule is O=C(Cc1ccc(Oc2ccc(OCc3ccccc3NC(=O)c3ccccc3)cc2)cc1)Nc1ccccc1. The zero-order valence-corrected chi connectivity index (χ0v) is 21.7. The monoisotopic (exact) mass is 528 g/mol. The van der Waals surface area contributed by atoms with Crippen molar-refractivity contribution < 1.29 is 19.1 Å². The molecule has 0 unspecified atom stereocenters. The predicted molar refractivity (Wildman–Crippen MR) is 157 cm³/mol. The third-order valence-corrected chi connectivity index (χ3v) is 6.10. The number of ether oxygens (including phenoxy) is 2. The van der Waals surface area contributed by atoms with E-state index in [1.165, 1.54) is 0 Å². The standard InChI is InChI=1S/C34H28N2O4/c37-33(35-28-12-5-2-6-13-28)23-25-15-17-30(18-16-25)40-31-21-19-29(20-22-31)39-24-27-11-7-8-14-32(27)36-34(38)26-9-3-1-4-10-26/h1-22H,23-24H2,(H,35,37)(H,36,38). The summed E-state index contributed by atoms with van der Waals surface area (Å²) >= 11 is 0. The summed E-state index contributed by atoms with van der Waals surface area (Å²) in [4.78, 5) is 24.9. The van der Waals surface area contributed by atoms with Crippen molar-refractivity contribution in [3.63, 3.8) is 0 Å². The van der Waals surface area contributed by atoms with Crippen LogP contribution in [0.5, 0.6) is 17.2 Å². The van der Waals surface area contributed by atoms with Gasteiger partial charge < -0.3 is 20.1 Å². The van der Waals surface area contributed by atoms with E-state index in [2.05, 4.69) is 10.6 Å². The van der Waals surface area contributed by atoms with Crippen LogP contribution in [0.4, 0.5) is 11.4 Å². The van der Waals surface area contributed by atoms with Crippen molar-refractivity contribution in [2.45, 2.75) is 13.0 Å². The van der Waals surface area contributed by atoms with Gasteiger partial charge in [0.2, 0.25) is 5.91 Å². The molecule has 0 aliphatic rings. The van der Waals surface area contributed by atoms with Gasteiger partial charge in [-0.25, -0.2) is 0 Å². The topological polar surface area (TPSA) is 76.7 Å². The number of amides is 2. The minimum atomic E-state index is -0.168. The van der Waals surface area contributed by atoms with Gasteiger partial charge in [0.25, 0.3) is 5.91 Å². The third-order valence-electron chi connectivity index (χ3n) is 6.10. The largest absolute Gasteiger partial charge is 0.489 e. The van der Waals surface area contributed by atoms with E-state index in [1.807, 2.05) is 121 Å². The molecule has 5 rings (SSSR count). The summed E-state index contributed by atoms with van der Waals surface area (Å²) < 4.78 is 11.9. The fourth-order valence-electron chi connectivity index (χ4n) is 4.04. The van der Waals surface area contributed by atoms with Gasteiger partial charge in [-0.15, -0.1) is 0 Å². The lowest BCUT2D eigenvalue weighted by atomic mass is 10.1. The van der Waals surface area contributed by atoms with Crippen molar-refractivity contribution in [3.05, 3.63) is 150 Å². The summed E-state index contributed by atoms with van der Waals surface area (Å²) in [6.07, 6.45) is 0.278. The van der Waals surface area contributed by atoms with Gasteiger partial charge in [-0.2, -0.15) is 0 Å². The van der Waals surface area contributed by atoms with Crippen LogP contribution in [0.15, 0.2) is 133 Å². The molecular formula is C34H28N2O4. The molecule has 40 heavy (non-hydrogen) atoms. The molecule has 0 aliphatic carbocycles. The van der Waals surface area contributed by atoms with E-state index in [9.17, 15) is 9.59 Å². The van der Waals surface area contributed by atoms with E-state index in [0.717, 1.165) is 16.8 Å². The number of rotatable bonds is 10. The maximum Gasteiger partial charge on any atom is 0.255 e. The average molecular weight is 529 g/mol. The molecule has 198 valence electrons. The molecule has 5 aromatic carbocycles. The number of anilines is 2. The lowest BCUT2D eigenvalue weighted by Gasteiger charge is -2.13. The number of carbonyl (C=O) groups is 2. The molecule has 0 spiro atoms. The normalized spacial score (nSPS) is 10.4. The van der Waals surface area contributed by atoms with Crippen molar-refractivity contribution in [3.8, 4) is 17.2 Å². The molecule has 0 bridgehead atoms. The fraction of sp³-hybridized carbons (Fsp3) is 0.0588. The van der Waals surface area contributed by atoms with Gasteiger partial charge in [-0.3, -0.25) is 9.59 Å². The highest BCUT2D eigenvalue weighted by Gasteiger charge is 2.10. The second-order valence-corrected chi connectivity index (χ2v) is 9.07. The van der Waals surface area contributed by atoms with Crippen LogP contribution in [0.3, 0.4) is 0 Å². The first-order valence-electron chi connectivity index (χ1n) is 12.9. The van der Waals surface area contributed by atoms with Crippen LogP contribution in [0, 0.1) is 0 Å². The van der Waals surface area contributed by atoms with Crippen LogP contribution in [-0.2, 0) is 17.8 Å². The average Bonchev–Trinajstić information content (AvgIpc) is 2.99. The number of carbonyl (C=O) groups excluding carboxylic acids is 2. The molecule has 0 radical (unpaired) electrons. The minimum absolute atomic E-state index is 0.0725. The molecule has 0 saturated carbocycles. The van der Waals surface area contributed by atoms with Crippen molar-refractivity contribution in [2.24, 2.45) is 0 Å². The lowest BCUT2D eigenvalue weighted by Crippen LogP contribution is -2.14. The first-order chi connectivity index (χ1) is 19.6. The molecule has 0 atom stereocenters. The molecule has 6 heteroatoms. The van der Waals surface area contributed by atoms with Crippen LogP contribution in [0.1, 0.15) is 21.5 Å². The molecule has 0 aromatic heterocycles. The third kappa shape index (κ3) is 7.36. The van der Waals surface area contributed by atoms with Gasteiger partial charge in [0.05, 0.1) is 6.42 Å². The second kappa shape index (κ2) is 12.9. The Bertz CT molecular complexity index is 1550. The number of hydrogen-bond donors (Lipinski definition) is 2. The smallest absolute Gasteiger partial charge is 0.255 e. The van der Waals surface area contributed by atoms with E-state index in [-0.39, 0.29) is 18.2 Å². The van der Waals surface area contributed by atoms with Crippen LogP contribution < -0.4 is 20.1 Å². The zero-order chi connectivity index (χ0) is 27.6. The van der Waals surface area contributed by atoms with E-state index < -0.39 is 0 Å². The van der Waals surface area contributed by atoms with Crippen molar-refractivity contribution in [1.82, 2.24) is 0 Å². The molecule has 5 aromatic rings. The summed E-state index contributed by atoms with van der Waals surface area (Å²) in [5, 5.41) is 5.85. The summed E-state index contributed by atoms with van der Waals surface area (Å²) in [6.45, 7) is 0.296. The first-order valence-corrected chi connectivity index (χ1v) is 12.9. The molecule has 0 aliphatic heterocycles. The predicted octanol–water partition coefficient (Wildman–Crippen LogP) is 7.49. The number of benzene rings is 5. The van der Waals surface area contributed by atoms with Gasteiger partial charge in [-0.05, 0) is 72.3 Å². The van der Waals surface area contributed by atoms with E-state index in [1.54, 1.807) is 12.1 Å². The van der Waals surface area contributed by atoms with Crippen LogP contribution in [0.25, 0.3) is 0 Å². The number of nitrogens with one attached hydrogen (secondary N) is 2. The molecular weight excluding hydrogens is 500 g/mol. The van der Waals surface area contributed by atoms with Gasteiger partial charge in [0.1, 0.15) is 23.9 Å². The Morgan fingerprint density at radius 1 is 0.575 bits per heavy atom. The maximum atomic E-state index is 12.6. The highest BCUT2D eigenvalue weighted by Crippen LogP contribution is 2.26. The minimum Gasteiger partial charge on any atom is -0.489 e. The van der Waals surface area contributed by atoms with Gasteiger partial charge in [-0.1, -0.05) is 66.7 Å². The van der Waals surface area contributed by atoms with Crippen molar-refractivity contribution >= 4 is 23.2 Å². The highest BCUT2D eigenvalue weighted by molar-refractivity contribution is 6.04. The Kier molecular flexibility index (Phi) is 8.49. The van der Waals surface area contributed by atoms with E-state index >= 15 is 0 Å². The Hall–Kier alpha value is -5.36. The number of hydrogen-bond acceptors (Lipinski definition) is 4. The Labute approximate surface area is 233 Å². The van der Waals surface area contributed by atoms with Gasteiger partial charge in [0.15, 0.2) is 0 Å². The first kappa shape index (κ1) is 26.3. The fourth-order valence-corrected chi connectivity index (χ4v) is 4.04. The lowest BCUT2D eigenvalue weighted by molar-refractivity contribution is -0.115. The molecule has 2 amide bonds. The summed E-state index contributed by atoms with van der Waals surface area (Å²) in [5.74, 6) is 1.77. The van der Waals surface area contributed by atoms with Crippen molar-refractivity contribution in [1.29, 1.82) is 0 Å². The quantitative estimate of drug-likeness (QED) is 0.197. The zero-order valence-electron chi connectivity index (χ0n) is 21.7. The van der Waals surface area contributed by atoms with E-state index in [4.69, 9.17) is 9.47 Å². The van der Waals surface area contributed by atoms with Crippen molar-refractivity contribution in [2.75, 3.05) is 10.6 Å². The van der Waals surface area contributed by atoms with E-state index in [0.29, 0.717) is 35.1 Å². The maximum absolute atomic E-state index is 12.6. The molecule has 0 fully saturated rings. The molecule has 6 nitrogen and oxygen atoms in total. The Morgan fingerprint density at radius 2 is 1.15 bits per heavy atom. The van der Waals surface area contributed by atoms with Gasteiger partial charge >= 0.3 is 0 Å². The molecule has 2 N–H and O–H groups in total. The molecule has 0 saturated heterocycles. The summed E-state index contributed by atoms with van der Waals surface area (Å²) in [7, 11) is 0. The Morgan fingerprint density at radius 3 is 1.85 bits per heavy atom. The highest BCUT2D eigenvalue weighted by atomic mass is 16.5. The van der Waals surface area contributed by atoms with Crippen LogP contribution >= 0.6 is 0 Å². The second-order valence-electron chi connectivity index (χ2n) is 9.07. The van der Waals surface area contributed by atoms with Gasteiger partial charge in [0, 0.05) is 22.5 Å².